The molecule has 0 bridgehead atoms. The van der Waals surface area contributed by atoms with Crippen molar-refractivity contribution < 1.29 is 9.47 Å². The Balaban J connectivity index is 4.77. The highest BCUT2D eigenvalue weighted by Gasteiger charge is 2.12. The Bertz CT molecular complexity index is 237. The summed E-state index contributed by atoms with van der Waals surface area (Å²) in [6, 6.07) is 3.52. The molecule has 0 radical (unpaired) electrons. The smallest absolute Gasteiger partial charge is 0.181 e. The molecule has 64 valence electrons. The number of rotatable bonds is 3. The molecular formula is C8H10N2O2. The Kier molecular flexibility index (Phi) is 4.71. The first-order chi connectivity index (χ1) is 5.71. The molecule has 0 atom stereocenters. The third-order valence-electron chi connectivity index (χ3n) is 1.40. The third-order valence-corrected chi connectivity index (χ3v) is 1.40. The van der Waals surface area contributed by atoms with Gasteiger partial charge in [-0.15, -0.1) is 0 Å². The van der Waals surface area contributed by atoms with Crippen LogP contribution in [-0.2, 0) is 9.47 Å². The third kappa shape index (κ3) is 2.35. The number of hydrogen-bond acceptors (Lipinski definition) is 4. The Morgan fingerprint density at radius 2 is 1.58 bits per heavy atom. The lowest BCUT2D eigenvalue weighted by molar-refractivity contribution is -0.0749. The first kappa shape index (κ1) is 10.6. The van der Waals surface area contributed by atoms with Gasteiger partial charge in [0.05, 0.1) is 0 Å². The van der Waals surface area contributed by atoms with Gasteiger partial charge in [-0.05, 0) is 6.92 Å². The van der Waals surface area contributed by atoms with Crippen molar-refractivity contribution >= 4 is 0 Å². The van der Waals surface area contributed by atoms with Gasteiger partial charge in [-0.3, -0.25) is 0 Å². The molecule has 0 rings (SSSR count). The van der Waals surface area contributed by atoms with Crippen LogP contribution < -0.4 is 0 Å². The minimum atomic E-state index is -0.612. The molecule has 0 aromatic heterocycles. The van der Waals surface area contributed by atoms with E-state index >= 15 is 0 Å². The van der Waals surface area contributed by atoms with E-state index in [2.05, 4.69) is 0 Å². The van der Waals surface area contributed by atoms with Gasteiger partial charge in [0.25, 0.3) is 0 Å². The van der Waals surface area contributed by atoms with Gasteiger partial charge < -0.3 is 9.47 Å². The maximum Gasteiger partial charge on any atom is 0.181 e. The maximum absolute atomic E-state index is 8.49. The molecular weight excluding hydrogens is 156 g/mol. The van der Waals surface area contributed by atoms with E-state index in [4.69, 9.17) is 20.0 Å². The normalized spacial score (nSPS) is 8.83. The van der Waals surface area contributed by atoms with Gasteiger partial charge in [-0.2, -0.15) is 10.5 Å². The molecule has 0 aliphatic carbocycles. The van der Waals surface area contributed by atoms with Crippen molar-refractivity contribution in [1.29, 1.82) is 10.5 Å². The van der Waals surface area contributed by atoms with E-state index in [1.807, 2.05) is 0 Å². The quantitative estimate of drug-likeness (QED) is 0.462. The van der Waals surface area contributed by atoms with Crippen LogP contribution in [0.2, 0.25) is 0 Å². The van der Waals surface area contributed by atoms with Crippen molar-refractivity contribution in [2.75, 3.05) is 14.2 Å². The zero-order valence-corrected chi connectivity index (χ0v) is 7.29. The van der Waals surface area contributed by atoms with Crippen LogP contribution in [0.4, 0.5) is 0 Å². The first-order valence-electron chi connectivity index (χ1n) is 3.27. The second-order valence-corrected chi connectivity index (χ2v) is 2.08. The van der Waals surface area contributed by atoms with Gasteiger partial charge in [0.15, 0.2) is 6.29 Å². The Morgan fingerprint density at radius 3 is 1.83 bits per heavy atom. The van der Waals surface area contributed by atoms with Crippen molar-refractivity contribution in [3.8, 4) is 12.1 Å². The summed E-state index contributed by atoms with van der Waals surface area (Å²) in [6.45, 7) is 1.62. The lowest BCUT2D eigenvalue weighted by Gasteiger charge is -2.13. The van der Waals surface area contributed by atoms with Gasteiger partial charge in [0.2, 0.25) is 0 Å². The van der Waals surface area contributed by atoms with Crippen LogP contribution in [-0.4, -0.2) is 20.5 Å². The number of methoxy groups -OCH3 is 2. The number of allylic oxidation sites excluding steroid dienone is 1. The van der Waals surface area contributed by atoms with Crippen molar-refractivity contribution in [2.45, 2.75) is 13.2 Å². The minimum absolute atomic E-state index is 0.0312. The molecule has 4 heteroatoms. The second kappa shape index (κ2) is 5.31. The zero-order valence-electron chi connectivity index (χ0n) is 7.29. The first-order valence-corrected chi connectivity index (χ1v) is 3.27. The van der Waals surface area contributed by atoms with Crippen LogP contribution in [0.3, 0.4) is 0 Å². The van der Waals surface area contributed by atoms with Crippen LogP contribution in [0, 0.1) is 22.7 Å². The summed E-state index contributed by atoms with van der Waals surface area (Å²) in [5, 5.41) is 17.0. The Labute approximate surface area is 71.6 Å². The lowest BCUT2D eigenvalue weighted by Crippen LogP contribution is -2.15. The van der Waals surface area contributed by atoms with Gasteiger partial charge >= 0.3 is 0 Å². The number of ether oxygens (including phenoxy) is 2. The second-order valence-electron chi connectivity index (χ2n) is 2.08. The fourth-order valence-corrected chi connectivity index (χ4v) is 0.769. The van der Waals surface area contributed by atoms with Crippen molar-refractivity contribution in [1.82, 2.24) is 0 Å². The molecule has 0 fully saturated rings. The van der Waals surface area contributed by atoms with Crippen LogP contribution in [0.5, 0.6) is 0 Å². The zero-order chi connectivity index (χ0) is 9.56. The average molecular weight is 166 g/mol. The Morgan fingerprint density at radius 1 is 1.17 bits per heavy atom. The van der Waals surface area contributed by atoms with E-state index in [0.29, 0.717) is 5.57 Å². The molecule has 0 aromatic carbocycles. The topological polar surface area (TPSA) is 66.0 Å². The Hall–Kier alpha value is -1.36. The summed E-state index contributed by atoms with van der Waals surface area (Å²) in [6.07, 6.45) is -0.612. The molecule has 0 saturated carbocycles. The summed E-state index contributed by atoms with van der Waals surface area (Å²) in [7, 11) is 2.90. The number of nitrogens with zero attached hydrogens (tertiary/aromatic N) is 2. The fraction of sp³-hybridized carbons (Fsp3) is 0.500. The van der Waals surface area contributed by atoms with Crippen LogP contribution in [0.25, 0.3) is 0 Å². The summed E-state index contributed by atoms with van der Waals surface area (Å²) in [5.74, 6) is 0. The van der Waals surface area contributed by atoms with Gasteiger partial charge in [-0.25, -0.2) is 0 Å². The van der Waals surface area contributed by atoms with E-state index < -0.39 is 6.29 Å². The lowest BCUT2D eigenvalue weighted by atomic mass is 10.1. The monoisotopic (exact) mass is 166 g/mol. The summed E-state index contributed by atoms with van der Waals surface area (Å²) in [4.78, 5) is 0. The molecule has 0 heterocycles. The van der Waals surface area contributed by atoms with Crippen molar-refractivity contribution in [3.63, 3.8) is 0 Å². The molecule has 12 heavy (non-hydrogen) atoms. The van der Waals surface area contributed by atoms with E-state index in [9.17, 15) is 0 Å². The molecule has 0 unspecified atom stereocenters. The number of nitriles is 2. The summed E-state index contributed by atoms with van der Waals surface area (Å²) >= 11 is 0. The molecule has 0 spiro atoms. The molecule has 0 aliphatic rings. The van der Waals surface area contributed by atoms with Crippen molar-refractivity contribution in [3.05, 3.63) is 11.1 Å². The molecule has 0 aliphatic heterocycles. The highest BCUT2D eigenvalue weighted by atomic mass is 16.7. The van der Waals surface area contributed by atoms with E-state index in [0.717, 1.165) is 0 Å². The van der Waals surface area contributed by atoms with Gasteiger partial charge in [0, 0.05) is 19.8 Å². The minimum Gasteiger partial charge on any atom is -0.352 e. The van der Waals surface area contributed by atoms with Crippen LogP contribution >= 0.6 is 0 Å². The molecule has 4 nitrogen and oxygen atoms in total. The average Bonchev–Trinajstić information content (AvgIpc) is 2.09. The van der Waals surface area contributed by atoms with Gasteiger partial charge in [-0.1, -0.05) is 0 Å². The highest BCUT2D eigenvalue weighted by molar-refractivity contribution is 5.40. The standard InChI is InChI=1S/C8H10N2O2/c1-6(7(4-9)5-10)8(11-2)12-3/h8H,1-3H3. The highest BCUT2D eigenvalue weighted by Crippen LogP contribution is 2.10. The maximum atomic E-state index is 8.49. The van der Waals surface area contributed by atoms with E-state index in [1.165, 1.54) is 14.2 Å². The fourth-order valence-electron chi connectivity index (χ4n) is 0.769. The predicted octanol–water partition coefficient (Wildman–Crippen LogP) is 0.969. The molecule has 0 saturated heterocycles. The van der Waals surface area contributed by atoms with Crippen LogP contribution in [0.15, 0.2) is 11.1 Å². The van der Waals surface area contributed by atoms with Crippen molar-refractivity contribution in [2.24, 2.45) is 0 Å². The largest absolute Gasteiger partial charge is 0.352 e. The van der Waals surface area contributed by atoms with Gasteiger partial charge in [0.1, 0.15) is 17.7 Å². The predicted molar refractivity (Wildman–Crippen MR) is 41.7 cm³/mol. The summed E-state index contributed by atoms with van der Waals surface area (Å²) in [5.41, 5.74) is 0.522. The molecule has 0 aromatic rings. The number of hydrogen-bond donors (Lipinski definition) is 0. The summed E-state index contributed by atoms with van der Waals surface area (Å²) < 4.78 is 9.73. The van der Waals surface area contributed by atoms with Crippen LogP contribution in [0.1, 0.15) is 6.92 Å². The van der Waals surface area contributed by atoms with E-state index in [-0.39, 0.29) is 5.57 Å². The molecule has 0 N–H and O–H groups in total. The molecule has 0 amide bonds. The van der Waals surface area contributed by atoms with E-state index in [1.54, 1.807) is 19.1 Å². The SMILES string of the molecule is COC(OC)C(C)=C(C#N)C#N.